The third-order valence-electron chi connectivity index (χ3n) is 4.66. The van der Waals surface area contributed by atoms with Crippen LogP contribution in [0, 0.1) is 0 Å². The lowest BCUT2D eigenvalue weighted by atomic mass is 10.2. The van der Waals surface area contributed by atoms with E-state index in [1.165, 1.54) is 0 Å². The van der Waals surface area contributed by atoms with Crippen molar-refractivity contribution in [2.75, 3.05) is 40.7 Å². The fourth-order valence-electron chi connectivity index (χ4n) is 3.16. The highest BCUT2D eigenvalue weighted by Crippen LogP contribution is 2.21. The molecule has 0 amide bonds. The van der Waals surface area contributed by atoms with Crippen LogP contribution in [0.3, 0.4) is 0 Å². The summed E-state index contributed by atoms with van der Waals surface area (Å²) >= 11 is 0. The minimum Gasteiger partial charge on any atom is -0.367 e. The molecule has 0 atom stereocenters. The maximum Gasteiger partial charge on any atom is 0.263 e. The molecule has 0 aliphatic carbocycles. The minimum atomic E-state index is -3.63. The van der Waals surface area contributed by atoms with Gasteiger partial charge in [-0.05, 0) is 36.4 Å². The van der Waals surface area contributed by atoms with Gasteiger partial charge in [0, 0.05) is 32.4 Å². The highest BCUT2D eigenvalue weighted by atomic mass is 32.2. The van der Waals surface area contributed by atoms with Gasteiger partial charge in [0.2, 0.25) is 0 Å². The summed E-state index contributed by atoms with van der Waals surface area (Å²) in [4.78, 5) is 13.4. The van der Waals surface area contributed by atoms with Gasteiger partial charge in [0.15, 0.2) is 0 Å². The van der Waals surface area contributed by atoms with E-state index >= 15 is 0 Å². The van der Waals surface area contributed by atoms with Crippen LogP contribution in [-0.2, 0) is 10.0 Å². The zero-order chi connectivity index (χ0) is 19.4. The van der Waals surface area contributed by atoms with E-state index in [0.717, 1.165) is 37.7 Å². The Balaban J connectivity index is 1.39. The van der Waals surface area contributed by atoms with Crippen molar-refractivity contribution in [3.05, 3.63) is 73.1 Å². The van der Waals surface area contributed by atoms with Crippen molar-refractivity contribution < 1.29 is 8.42 Å². The highest BCUT2D eigenvalue weighted by molar-refractivity contribution is 7.92. The molecule has 0 bridgehead atoms. The Bertz CT molecular complexity index is 1000. The van der Waals surface area contributed by atoms with E-state index in [1.807, 2.05) is 24.3 Å². The summed E-state index contributed by atoms with van der Waals surface area (Å²) in [5.41, 5.74) is 0.975. The van der Waals surface area contributed by atoms with Crippen molar-refractivity contribution in [3.63, 3.8) is 0 Å². The van der Waals surface area contributed by atoms with E-state index in [9.17, 15) is 8.42 Å². The smallest absolute Gasteiger partial charge is 0.263 e. The summed E-state index contributed by atoms with van der Waals surface area (Å²) in [6.45, 7) is 3.46. The molecule has 3 aromatic rings. The summed E-state index contributed by atoms with van der Waals surface area (Å²) in [5, 5.41) is 0. The third-order valence-corrected chi connectivity index (χ3v) is 6.03. The van der Waals surface area contributed by atoms with E-state index in [-0.39, 0.29) is 4.90 Å². The Hall–Kier alpha value is -3.13. The number of pyridine rings is 2. The fraction of sp³-hybridized carbons (Fsp3) is 0.200. The number of nitrogens with one attached hydrogen (secondary N) is 1. The van der Waals surface area contributed by atoms with Crippen LogP contribution >= 0.6 is 0 Å². The molecule has 4 rings (SSSR count). The Kier molecular flexibility index (Phi) is 5.12. The molecule has 28 heavy (non-hydrogen) atoms. The second kappa shape index (κ2) is 7.85. The quantitative estimate of drug-likeness (QED) is 0.715. The zero-order valence-electron chi connectivity index (χ0n) is 15.3. The van der Waals surface area contributed by atoms with Crippen molar-refractivity contribution >= 4 is 27.3 Å². The standard InChI is InChI=1S/C20H21N5O2S/c26-28(27,18-6-2-1-3-7-18)23-19-10-9-17(16-22-19)24-12-14-25(15-13-24)20-8-4-5-11-21-20/h1-11,16H,12-15H2,(H,22,23). The number of rotatable bonds is 5. The largest absolute Gasteiger partial charge is 0.367 e. The second-order valence-corrected chi connectivity index (χ2v) is 8.16. The van der Waals surface area contributed by atoms with Gasteiger partial charge in [-0.2, -0.15) is 0 Å². The topological polar surface area (TPSA) is 78.4 Å². The number of anilines is 3. The molecule has 3 heterocycles. The van der Waals surface area contributed by atoms with Crippen LogP contribution in [0.2, 0.25) is 0 Å². The van der Waals surface area contributed by atoms with Gasteiger partial charge >= 0.3 is 0 Å². The van der Waals surface area contributed by atoms with Crippen molar-refractivity contribution in [3.8, 4) is 0 Å². The summed E-state index contributed by atoms with van der Waals surface area (Å²) in [5.74, 6) is 1.30. The molecule has 1 aromatic carbocycles. The van der Waals surface area contributed by atoms with Crippen LogP contribution in [-0.4, -0.2) is 44.6 Å². The summed E-state index contributed by atoms with van der Waals surface area (Å²) in [6.07, 6.45) is 3.51. The minimum absolute atomic E-state index is 0.214. The van der Waals surface area contributed by atoms with Gasteiger partial charge in [-0.3, -0.25) is 4.72 Å². The molecular formula is C20H21N5O2S. The average Bonchev–Trinajstić information content (AvgIpc) is 2.75. The second-order valence-electron chi connectivity index (χ2n) is 6.48. The van der Waals surface area contributed by atoms with E-state index in [4.69, 9.17) is 0 Å². The van der Waals surface area contributed by atoms with Crippen LogP contribution in [0.25, 0.3) is 0 Å². The summed E-state index contributed by atoms with van der Waals surface area (Å²) in [7, 11) is -3.63. The van der Waals surface area contributed by atoms with Crippen LogP contribution in [0.5, 0.6) is 0 Å². The van der Waals surface area contributed by atoms with Crippen LogP contribution < -0.4 is 14.5 Å². The van der Waals surface area contributed by atoms with Gasteiger partial charge in [0.05, 0.1) is 16.8 Å². The van der Waals surface area contributed by atoms with Crippen molar-refractivity contribution in [1.82, 2.24) is 9.97 Å². The lowest BCUT2D eigenvalue weighted by Crippen LogP contribution is -2.46. The Morgan fingerprint density at radius 3 is 2.14 bits per heavy atom. The SMILES string of the molecule is O=S(=O)(Nc1ccc(N2CCN(c3ccccn3)CC2)cn1)c1ccccc1. The number of hydrogen-bond acceptors (Lipinski definition) is 6. The van der Waals surface area contributed by atoms with E-state index < -0.39 is 10.0 Å². The lowest BCUT2D eigenvalue weighted by Gasteiger charge is -2.36. The molecule has 8 heteroatoms. The molecule has 0 saturated carbocycles. The molecule has 7 nitrogen and oxygen atoms in total. The van der Waals surface area contributed by atoms with Crippen LogP contribution in [0.15, 0.2) is 78.0 Å². The monoisotopic (exact) mass is 395 g/mol. The van der Waals surface area contributed by atoms with Gasteiger partial charge in [-0.1, -0.05) is 24.3 Å². The summed E-state index contributed by atoms with van der Waals surface area (Å²) < 4.78 is 27.3. The molecule has 0 unspecified atom stereocenters. The van der Waals surface area contributed by atoms with Gasteiger partial charge in [-0.15, -0.1) is 0 Å². The Labute approximate surface area is 164 Å². The molecule has 2 aromatic heterocycles. The van der Waals surface area contributed by atoms with Crippen molar-refractivity contribution in [1.29, 1.82) is 0 Å². The predicted molar refractivity (Wildman–Crippen MR) is 110 cm³/mol. The number of benzene rings is 1. The first-order chi connectivity index (χ1) is 13.6. The predicted octanol–water partition coefficient (Wildman–Crippen LogP) is 2.60. The first kappa shape index (κ1) is 18.2. The van der Waals surface area contributed by atoms with Gasteiger partial charge in [0.25, 0.3) is 10.0 Å². The van der Waals surface area contributed by atoms with E-state index in [0.29, 0.717) is 5.82 Å². The summed E-state index contributed by atoms with van der Waals surface area (Å²) in [6, 6.07) is 17.8. The first-order valence-electron chi connectivity index (χ1n) is 9.07. The Morgan fingerprint density at radius 2 is 1.50 bits per heavy atom. The fourth-order valence-corrected chi connectivity index (χ4v) is 4.19. The molecule has 1 aliphatic heterocycles. The number of sulfonamides is 1. The van der Waals surface area contributed by atoms with E-state index in [2.05, 4.69) is 24.5 Å². The number of hydrogen-bond donors (Lipinski definition) is 1. The van der Waals surface area contributed by atoms with Crippen molar-refractivity contribution in [2.45, 2.75) is 4.90 Å². The molecule has 0 radical (unpaired) electrons. The molecule has 0 spiro atoms. The molecule has 1 saturated heterocycles. The number of nitrogens with zero attached hydrogens (tertiary/aromatic N) is 4. The van der Waals surface area contributed by atoms with Crippen LogP contribution in [0.4, 0.5) is 17.3 Å². The Morgan fingerprint density at radius 1 is 0.786 bits per heavy atom. The first-order valence-corrected chi connectivity index (χ1v) is 10.5. The van der Waals surface area contributed by atoms with Gasteiger partial charge in [-0.25, -0.2) is 18.4 Å². The van der Waals surface area contributed by atoms with Gasteiger partial charge < -0.3 is 9.80 Å². The zero-order valence-corrected chi connectivity index (χ0v) is 16.1. The maximum absolute atomic E-state index is 12.4. The normalized spacial score (nSPS) is 14.7. The molecule has 1 fully saturated rings. The molecule has 144 valence electrons. The molecular weight excluding hydrogens is 374 g/mol. The average molecular weight is 395 g/mol. The lowest BCUT2D eigenvalue weighted by molar-refractivity contribution is 0.601. The third kappa shape index (κ3) is 4.07. The van der Waals surface area contributed by atoms with E-state index in [1.54, 1.807) is 48.8 Å². The number of piperazine rings is 1. The van der Waals surface area contributed by atoms with Gasteiger partial charge in [0.1, 0.15) is 11.6 Å². The van der Waals surface area contributed by atoms with Crippen molar-refractivity contribution in [2.24, 2.45) is 0 Å². The number of aromatic nitrogens is 2. The molecule has 1 aliphatic rings. The highest BCUT2D eigenvalue weighted by Gasteiger charge is 2.19. The van der Waals surface area contributed by atoms with Crippen LogP contribution in [0.1, 0.15) is 0 Å². The maximum atomic E-state index is 12.4. The molecule has 1 N–H and O–H groups in total.